The van der Waals surface area contributed by atoms with Crippen molar-refractivity contribution in [1.82, 2.24) is 15.2 Å². The van der Waals surface area contributed by atoms with Crippen molar-refractivity contribution in [3.63, 3.8) is 0 Å². The lowest BCUT2D eigenvalue weighted by Crippen LogP contribution is -2.40. The number of pyridine rings is 1. The Morgan fingerprint density at radius 1 is 1.52 bits per heavy atom. The lowest BCUT2D eigenvalue weighted by molar-refractivity contribution is -0.145. The van der Waals surface area contributed by atoms with Gasteiger partial charge in [-0.2, -0.15) is 0 Å². The predicted octanol–water partition coefficient (Wildman–Crippen LogP) is 1.82. The number of carbonyl (C=O) groups excluding carboxylic acids is 1. The molecule has 0 spiro atoms. The van der Waals surface area contributed by atoms with E-state index < -0.39 is 0 Å². The molecule has 2 rings (SSSR count). The van der Waals surface area contributed by atoms with Crippen LogP contribution in [-0.4, -0.2) is 49.1 Å². The highest BCUT2D eigenvalue weighted by Crippen LogP contribution is 2.24. The highest BCUT2D eigenvalue weighted by molar-refractivity contribution is 14.0. The number of guanidine groups is 1. The molecule has 2 heterocycles. The Hall–Kier alpha value is -1.38. The summed E-state index contributed by atoms with van der Waals surface area (Å²) in [7, 11) is 3.19. The fraction of sp³-hybridized carbons (Fsp3) is 0.562. The van der Waals surface area contributed by atoms with E-state index in [1.54, 1.807) is 13.2 Å². The Labute approximate surface area is 154 Å². The van der Waals surface area contributed by atoms with E-state index in [-0.39, 0.29) is 41.8 Å². The van der Waals surface area contributed by atoms with Crippen molar-refractivity contribution in [1.29, 1.82) is 0 Å². The summed E-state index contributed by atoms with van der Waals surface area (Å²) in [4.78, 5) is 22.6. The summed E-state index contributed by atoms with van der Waals surface area (Å²) >= 11 is 0. The number of hydrogen-bond donors (Lipinski definition) is 1. The first-order valence-electron chi connectivity index (χ1n) is 7.50. The van der Waals surface area contributed by atoms with E-state index in [1.807, 2.05) is 19.1 Å². The Kier molecular flexibility index (Phi) is 7.74. The lowest BCUT2D eigenvalue weighted by Gasteiger charge is -2.21. The van der Waals surface area contributed by atoms with Gasteiger partial charge in [-0.05, 0) is 24.5 Å². The van der Waals surface area contributed by atoms with Crippen LogP contribution in [0.15, 0.2) is 23.3 Å². The smallest absolute Gasteiger partial charge is 0.310 e. The van der Waals surface area contributed by atoms with Gasteiger partial charge in [0.05, 0.1) is 25.3 Å². The number of aliphatic imine (C=N–C) groups is 1. The summed E-state index contributed by atoms with van der Waals surface area (Å²) in [6.45, 7) is 6.15. The second-order valence-corrected chi connectivity index (χ2v) is 5.68. The molecular weight excluding hydrogens is 407 g/mol. The Balaban J connectivity index is 0.00000264. The van der Waals surface area contributed by atoms with Gasteiger partial charge in [-0.25, -0.2) is 0 Å². The highest BCUT2D eigenvalue weighted by Gasteiger charge is 2.36. The molecule has 0 radical (unpaired) electrons. The van der Waals surface area contributed by atoms with Crippen LogP contribution in [0.25, 0.3) is 0 Å². The van der Waals surface area contributed by atoms with Crippen LogP contribution in [0.5, 0.6) is 0 Å². The van der Waals surface area contributed by atoms with Crippen LogP contribution in [0, 0.1) is 18.8 Å². The summed E-state index contributed by atoms with van der Waals surface area (Å²) in [5.41, 5.74) is 2.15. The van der Waals surface area contributed by atoms with Crippen molar-refractivity contribution in [2.45, 2.75) is 20.4 Å². The van der Waals surface area contributed by atoms with E-state index in [9.17, 15) is 4.79 Å². The molecule has 1 N–H and O–H groups in total. The van der Waals surface area contributed by atoms with Crippen molar-refractivity contribution in [2.24, 2.45) is 16.8 Å². The van der Waals surface area contributed by atoms with E-state index >= 15 is 0 Å². The number of halogens is 1. The third kappa shape index (κ3) is 4.79. The summed E-state index contributed by atoms with van der Waals surface area (Å²) in [5, 5.41) is 3.33. The molecule has 1 aromatic heterocycles. The SMILES string of the molecule is CN=C(NCc1ncccc1C)N1CC(C)C(C(=O)OC)C1.I. The molecule has 0 saturated carbocycles. The maximum Gasteiger partial charge on any atom is 0.310 e. The number of nitrogens with zero attached hydrogens (tertiary/aromatic N) is 3. The highest BCUT2D eigenvalue weighted by atomic mass is 127. The molecule has 1 aliphatic heterocycles. The molecule has 2 atom stereocenters. The fourth-order valence-electron chi connectivity index (χ4n) is 2.80. The lowest BCUT2D eigenvalue weighted by atomic mass is 9.99. The Morgan fingerprint density at radius 2 is 2.26 bits per heavy atom. The van der Waals surface area contributed by atoms with E-state index in [0.29, 0.717) is 13.1 Å². The molecule has 0 aromatic carbocycles. The molecule has 1 saturated heterocycles. The van der Waals surface area contributed by atoms with Gasteiger partial charge in [0.2, 0.25) is 0 Å². The van der Waals surface area contributed by atoms with Gasteiger partial charge >= 0.3 is 5.97 Å². The molecule has 1 aliphatic rings. The Bertz CT molecular complexity index is 565. The molecule has 7 heteroatoms. The number of hydrogen-bond acceptors (Lipinski definition) is 4. The van der Waals surface area contributed by atoms with Gasteiger partial charge in [0.1, 0.15) is 0 Å². The minimum atomic E-state index is -0.147. The van der Waals surface area contributed by atoms with Crippen LogP contribution in [0.4, 0.5) is 0 Å². The van der Waals surface area contributed by atoms with E-state index in [2.05, 4.69) is 27.1 Å². The second kappa shape index (κ2) is 9.05. The van der Waals surface area contributed by atoms with E-state index in [1.165, 1.54) is 7.11 Å². The second-order valence-electron chi connectivity index (χ2n) is 5.68. The molecular formula is C16H25IN4O2. The summed E-state index contributed by atoms with van der Waals surface area (Å²) in [6, 6.07) is 3.97. The van der Waals surface area contributed by atoms with Crippen molar-refractivity contribution >= 4 is 35.9 Å². The number of rotatable bonds is 3. The molecule has 1 aromatic rings. The first-order chi connectivity index (χ1) is 10.6. The monoisotopic (exact) mass is 432 g/mol. The predicted molar refractivity (Wildman–Crippen MR) is 101 cm³/mol. The van der Waals surface area contributed by atoms with Gasteiger partial charge in [-0.3, -0.25) is 14.8 Å². The number of esters is 1. The molecule has 0 bridgehead atoms. The number of methoxy groups -OCH3 is 1. The van der Waals surface area contributed by atoms with Gasteiger partial charge in [-0.1, -0.05) is 13.0 Å². The Morgan fingerprint density at radius 3 is 2.87 bits per heavy atom. The van der Waals surface area contributed by atoms with Crippen LogP contribution < -0.4 is 5.32 Å². The number of aryl methyl sites for hydroxylation is 1. The average Bonchev–Trinajstić information content (AvgIpc) is 2.90. The van der Waals surface area contributed by atoms with Crippen molar-refractivity contribution in [2.75, 3.05) is 27.2 Å². The van der Waals surface area contributed by atoms with Crippen molar-refractivity contribution < 1.29 is 9.53 Å². The third-order valence-electron chi connectivity index (χ3n) is 4.16. The molecule has 128 valence electrons. The molecule has 1 fully saturated rings. The largest absolute Gasteiger partial charge is 0.469 e. The first-order valence-corrected chi connectivity index (χ1v) is 7.50. The molecule has 0 aliphatic carbocycles. The summed E-state index contributed by atoms with van der Waals surface area (Å²) in [5.74, 6) is 0.803. The zero-order chi connectivity index (χ0) is 16.1. The van der Waals surface area contributed by atoms with Gasteiger partial charge in [0, 0.05) is 26.3 Å². The number of ether oxygens (including phenoxy) is 1. The molecule has 2 unspecified atom stereocenters. The standard InChI is InChI=1S/C16H24N4O2.HI/c1-11-6-5-7-18-14(11)8-19-16(17-3)20-9-12(2)13(10-20)15(21)22-4;/h5-7,12-13H,8-10H2,1-4H3,(H,17,19);1H. The van der Waals surface area contributed by atoms with Crippen LogP contribution in [0.1, 0.15) is 18.2 Å². The minimum absolute atomic E-state index is 0. The van der Waals surface area contributed by atoms with Crippen LogP contribution in [0.2, 0.25) is 0 Å². The first kappa shape index (κ1) is 19.7. The minimum Gasteiger partial charge on any atom is -0.469 e. The van der Waals surface area contributed by atoms with Crippen LogP contribution in [-0.2, 0) is 16.1 Å². The maximum absolute atomic E-state index is 11.8. The van der Waals surface area contributed by atoms with Gasteiger partial charge in [0.25, 0.3) is 0 Å². The zero-order valence-corrected chi connectivity index (χ0v) is 16.4. The van der Waals surface area contributed by atoms with Gasteiger partial charge in [-0.15, -0.1) is 24.0 Å². The van der Waals surface area contributed by atoms with Crippen molar-refractivity contribution in [3.8, 4) is 0 Å². The number of carbonyl (C=O) groups is 1. The topological polar surface area (TPSA) is 66.8 Å². The number of likely N-dealkylation sites (tertiary alicyclic amines) is 1. The summed E-state index contributed by atoms with van der Waals surface area (Å²) in [6.07, 6.45) is 1.79. The van der Waals surface area contributed by atoms with Crippen LogP contribution in [0.3, 0.4) is 0 Å². The molecule has 0 amide bonds. The third-order valence-corrected chi connectivity index (χ3v) is 4.16. The van der Waals surface area contributed by atoms with Crippen molar-refractivity contribution in [3.05, 3.63) is 29.6 Å². The normalized spacial score (nSPS) is 20.9. The van der Waals surface area contributed by atoms with Gasteiger partial charge < -0.3 is 15.0 Å². The molecule has 6 nitrogen and oxygen atoms in total. The maximum atomic E-state index is 11.8. The average molecular weight is 432 g/mol. The van der Waals surface area contributed by atoms with E-state index in [4.69, 9.17) is 4.74 Å². The quantitative estimate of drug-likeness (QED) is 0.342. The fourth-order valence-corrected chi connectivity index (χ4v) is 2.80. The zero-order valence-electron chi connectivity index (χ0n) is 14.1. The summed E-state index contributed by atoms with van der Waals surface area (Å²) < 4.78 is 4.88. The van der Waals surface area contributed by atoms with Gasteiger partial charge in [0.15, 0.2) is 5.96 Å². The van der Waals surface area contributed by atoms with E-state index in [0.717, 1.165) is 23.8 Å². The number of aromatic nitrogens is 1. The van der Waals surface area contributed by atoms with Crippen LogP contribution >= 0.6 is 24.0 Å². The number of nitrogens with one attached hydrogen (secondary N) is 1. The molecule has 23 heavy (non-hydrogen) atoms.